The lowest BCUT2D eigenvalue weighted by molar-refractivity contribution is -0.144. The molecule has 4 aliphatic rings. The van der Waals surface area contributed by atoms with Crippen LogP contribution < -0.4 is 5.73 Å². The van der Waals surface area contributed by atoms with Crippen molar-refractivity contribution in [3.63, 3.8) is 0 Å². The van der Waals surface area contributed by atoms with Crippen molar-refractivity contribution in [2.45, 2.75) is 38.2 Å². The van der Waals surface area contributed by atoms with E-state index in [1.54, 1.807) is 0 Å². The summed E-state index contributed by atoms with van der Waals surface area (Å²) in [5.74, 6) is 2.63. The summed E-state index contributed by atoms with van der Waals surface area (Å²) in [6, 6.07) is 0. The van der Waals surface area contributed by atoms with E-state index in [9.17, 15) is 0 Å². The van der Waals surface area contributed by atoms with Gasteiger partial charge in [0.2, 0.25) is 0 Å². The van der Waals surface area contributed by atoms with Crippen molar-refractivity contribution in [2.75, 3.05) is 13.7 Å². The van der Waals surface area contributed by atoms with Crippen molar-refractivity contribution >= 4 is 0 Å². The maximum atomic E-state index is 5.97. The van der Waals surface area contributed by atoms with Crippen molar-refractivity contribution < 1.29 is 4.74 Å². The van der Waals surface area contributed by atoms with Crippen LogP contribution in [-0.2, 0) is 4.74 Å². The molecule has 0 aromatic rings. The first-order valence-electron chi connectivity index (χ1n) is 5.99. The van der Waals surface area contributed by atoms with E-state index in [1.807, 2.05) is 7.11 Å². The van der Waals surface area contributed by atoms with E-state index < -0.39 is 0 Å². The van der Waals surface area contributed by atoms with Crippen LogP contribution in [0.1, 0.15) is 32.1 Å². The molecule has 80 valence electrons. The van der Waals surface area contributed by atoms with Gasteiger partial charge in [0, 0.05) is 7.11 Å². The lowest BCUT2D eigenvalue weighted by atomic mass is 9.48. The minimum absolute atomic E-state index is 0.519. The van der Waals surface area contributed by atoms with Gasteiger partial charge in [-0.2, -0.15) is 0 Å². The van der Waals surface area contributed by atoms with Crippen LogP contribution in [0.25, 0.3) is 0 Å². The van der Waals surface area contributed by atoms with Gasteiger partial charge in [-0.3, -0.25) is 0 Å². The summed E-state index contributed by atoms with van der Waals surface area (Å²) in [5, 5.41) is 0. The van der Waals surface area contributed by atoms with E-state index in [4.69, 9.17) is 10.5 Å². The summed E-state index contributed by atoms with van der Waals surface area (Å²) in [7, 11) is 1.89. The van der Waals surface area contributed by atoms with Crippen LogP contribution in [0.2, 0.25) is 0 Å². The molecule has 2 heteroatoms. The summed E-state index contributed by atoms with van der Waals surface area (Å²) in [6.07, 6.45) is 7.48. The third kappa shape index (κ3) is 1.10. The summed E-state index contributed by atoms with van der Waals surface area (Å²) < 4.78 is 5.68. The molecule has 14 heavy (non-hydrogen) atoms. The van der Waals surface area contributed by atoms with E-state index in [2.05, 4.69) is 0 Å². The molecule has 5 atom stereocenters. The molecule has 4 rings (SSSR count). The second-order valence-corrected chi connectivity index (χ2v) is 5.87. The normalized spacial score (nSPS) is 55.3. The summed E-state index contributed by atoms with van der Waals surface area (Å²) >= 11 is 0. The van der Waals surface area contributed by atoms with Gasteiger partial charge in [0.25, 0.3) is 0 Å². The fourth-order valence-electron chi connectivity index (χ4n) is 4.78. The van der Waals surface area contributed by atoms with Gasteiger partial charge >= 0.3 is 0 Å². The minimum Gasteiger partial charge on any atom is -0.381 e. The molecule has 4 fully saturated rings. The molecule has 4 saturated carbocycles. The Kier molecular flexibility index (Phi) is 1.94. The average Bonchev–Trinajstić information content (AvgIpc) is 2.17. The Morgan fingerprint density at radius 2 is 1.86 bits per heavy atom. The monoisotopic (exact) mass is 195 g/mol. The first kappa shape index (κ1) is 9.17. The Bertz CT molecular complexity index is 224. The van der Waals surface area contributed by atoms with Crippen LogP contribution in [-0.4, -0.2) is 19.8 Å². The number of rotatable bonds is 2. The number of nitrogens with two attached hydrogens (primary N) is 1. The van der Waals surface area contributed by atoms with Crippen LogP contribution in [0.3, 0.4) is 0 Å². The second-order valence-electron chi connectivity index (χ2n) is 5.87. The minimum atomic E-state index is 0.519. The van der Waals surface area contributed by atoms with Gasteiger partial charge in [-0.25, -0.2) is 0 Å². The van der Waals surface area contributed by atoms with Gasteiger partial charge in [0.1, 0.15) is 0 Å². The molecule has 0 aliphatic heterocycles. The number of hydrogen-bond acceptors (Lipinski definition) is 2. The molecule has 4 bridgehead atoms. The predicted octanol–water partition coefficient (Wildman–Crippen LogP) is 1.79. The van der Waals surface area contributed by atoms with Gasteiger partial charge in [0.05, 0.1) is 6.10 Å². The van der Waals surface area contributed by atoms with Gasteiger partial charge < -0.3 is 10.5 Å². The highest BCUT2D eigenvalue weighted by atomic mass is 16.5. The van der Waals surface area contributed by atoms with E-state index in [-0.39, 0.29) is 0 Å². The van der Waals surface area contributed by atoms with Crippen LogP contribution in [0.4, 0.5) is 0 Å². The summed E-state index contributed by atoms with van der Waals surface area (Å²) in [5.41, 5.74) is 6.49. The Hall–Kier alpha value is -0.0800. The molecule has 4 aliphatic carbocycles. The third-order valence-electron chi connectivity index (χ3n) is 5.02. The van der Waals surface area contributed by atoms with Crippen molar-refractivity contribution in [2.24, 2.45) is 28.9 Å². The van der Waals surface area contributed by atoms with Crippen LogP contribution in [0.15, 0.2) is 0 Å². The standard InChI is InChI=1S/C12H21NO/c1-14-11-9-2-8-3-10(11)6-12(4-8,5-9)7-13/h8-11H,2-7,13H2,1H3/t8?,9-,10?,11?,12?/m0/s1. The highest BCUT2D eigenvalue weighted by molar-refractivity contribution is 5.05. The lowest BCUT2D eigenvalue weighted by Gasteiger charge is -2.59. The Morgan fingerprint density at radius 1 is 1.21 bits per heavy atom. The molecule has 2 nitrogen and oxygen atoms in total. The summed E-state index contributed by atoms with van der Waals surface area (Å²) in [4.78, 5) is 0. The summed E-state index contributed by atoms with van der Waals surface area (Å²) in [6.45, 7) is 0.910. The molecule has 4 unspecified atom stereocenters. The number of methoxy groups -OCH3 is 1. The maximum Gasteiger partial charge on any atom is 0.0628 e. The molecule has 0 amide bonds. The molecular weight excluding hydrogens is 174 g/mol. The van der Waals surface area contributed by atoms with Crippen molar-refractivity contribution in [3.8, 4) is 0 Å². The zero-order valence-electron chi connectivity index (χ0n) is 9.04. The smallest absolute Gasteiger partial charge is 0.0628 e. The first-order chi connectivity index (χ1) is 6.76. The third-order valence-corrected chi connectivity index (χ3v) is 5.02. The van der Waals surface area contributed by atoms with E-state index in [1.165, 1.54) is 32.1 Å². The second kappa shape index (κ2) is 2.96. The Balaban J connectivity index is 1.88. The maximum absolute atomic E-state index is 5.97. The molecule has 0 aromatic heterocycles. The van der Waals surface area contributed by atoms with E-state index in [0.717, 1.165) is 24.3 Å². The Labute approximate surface area is 86.2 Å². The van der Waals surface area contributed by atoms with Crippen molar-refractivity contribution in [1.29, 1.82) is 0 Å². The van der Waals surface area contributed by atoms with Gasteiger partial charge in [-0.1, -0.05) is 0 Å². The zero-order valence-corrected chi connectivity index (χ0v) is 9.04. The van der Waals surface area contributed by atoms with E-state index >= 15 is 0 Å². The van der Waals surface area contributed by atoms with Gasteiger partial charge in [0.15, 0.2) is 0 Å². The van der Waals surface area contributed by atoms with Crippen molar-refractivity contribution in [3.05, 3.63) is 0 Å². The average molecular weight is 195 g/mol. The Morgan fingerprint density at radius 3 is 2.36 bits per heavy atom. The largest absolute Gasteiger partial charge is 0.381 e. The topological polar surface area (TPSA) is 35.2 Å². The molecule has 0 aromatic carbocycles. The molecular formula is C12H21NO. The van der Waals surface area contributed by atoms with Crippen LogP contribution >= 0.6 is 0 Å². The molecule has 0 saturated heterocycles. The quantitative estimate of drug-likeness (QED) is 0.729. The SMILES string of the molecule is COC1C2CC3C[C@H]1CC(CN)(C3)C2. The van der Waals surface area contributed by atoms with Crippen LogP contribution in [0.5, 0.6) is 0 Å². The van der Waals surface area contributed by atoms with Gasteiger partial charge in [-0.05, 0) is 61.8 Å². The highest BCUT2D eigenvalue weighted by Gasteiger charge is 2.54. The fourth-order valence-corrected chi connectivity index (χ4v) is 4.78. The zero-order chi connectivity index (χ0) is 9.76. The predicted molar refractivity (Wildman–Crippen MR) is 55.8 cm³/mol. The highest BCUT2D eigenvalue weighted by Crippen LogP contribution is 2.60. The number of ether oxygens (including phenoxy) is 1. The molecule has 0 spiro atoms. The van der Waals surface area contributed by atoms with Crippen molar-refractivity contribution in [1.82, 2.24) is 0 Å². The van der Waals surface area contributed by atoms with Crippen LogP contribution in [0, 0.1) is 23.2 Å². The lowest BCUT2D eigenvalue weighted by Crippen LogP contribution is -2.56. The molecule has 0 heterocycles. The number of hydrogen-bond donors (Lipinski definition) is 1. The van der Waals surface area contributed by atoms with Gasteiger partial charge in [-0.15, -0.1) is 0 Å². The van der Waals surface area contributed by atoms with E-state index in [0.29, 0.717) is 11.5 Å². The fraction of sp³-hybridized carbons (Fsp3) is 1.00. The molecule has 0 radical (unpaired) electrons. The first-order valence-corrected chi connectivity index (χ1v) is 5.99. The molecule has 2 N–H and O–H groups in total.